The van der Waals surface area contributed by atoms with Crippen molar-refractivity contribution >= 4 is 44.8 Å². The number of nitrogens with zero attached hydrogens (tertiary/aromatic N) is 3. The first-order chi connectivity index (χ1) is 14.2. The molecule has 1 aliphatic rings. The molecule has 1 aromatic carbocycles. The van der Waals surface area contributed by atoms with Crippen LogP contribution >= 0.6 is 23.2 Å². The number of benzene rings is 1. The van der Waals surface area contributed by atoms with Crippen molar-refractivity contribution in [2.45, 2.75) is 49.6 Å². The van der Waals surface area contributed by atoms with E-state index in [0.29, 0.717) is 5.69 Å². The fourth-order valence-electron chi connectivity index (χ4n) is 3.41. The van der Waals surface area contributed by atoms with Crippen LogP contribution in [0.4, 0.5) is 5.69 Å². The van der Waals surface area contributed by atoms with Crippen molar-refractivity contribution in [3.05, 3.63) is 50.9 Å². The monoisotopic (exact) mass is 472 g/mol. The van der Waals surface area contributed by atoms with Crippen molar-refractivity contribution in [3.63, 3.8) is 0 Å². The van der Waals surface area contributed by atoms with Gasteiger partial charge in [-0.3, -0.25) is 9.59 Å². The Morgan fingerprint density at radius 1 is 1.20 bits per heavy atom. The van der Waals surface area contributed by atoms with Crippen molar-refractivity contribution in [2.24, 2.45) is 0 Å². The van der Waals surface area contributed by atoms with Gasteiger partial charge in [-0.25, -0.2) is 13.1 Å². The molecule has 162 valence electrons. The van der Waals surface area contributed by atoms with Gasteiger partial charge in [0.05, 0.1) is 16.1 Å². The van der Waals surface area contributed by atoms with E-state index in [9.17, 15) is 18.0 Å². The Hall–Kier alpha value is -1.94. The molecule has 1 heterocycles. The molecule has 1 saturated carbocycles. The van der Waals surface area contributed by atoms with E-state index in [4.69, 9.17) is 23.2 Å². The summed E-state index contributed by atoms with van der Waals surface area (Å²) < 4.78 is 28.1. The van der Waals surface area contributed by atoms with Gasteiger partial charge in [0.1, 0.15) is 11.6 Å². The van der Waals surface area contributed by atoms with Crippen molar-refractivity contribution in [1.29, 1.82) is 0 Å². The summed E-state index contributed by atoms with van der Waals surface area (Å²) in [5.74, 6) is -0.516. The number of nitrogens with one attached hydrogen (secondary N) is 1. The van der Waals surface area contributed by atoms with Gasteiger partial charge >= 0.3 is 0 Å². The Kier molecular flexibility index (Phi) is 7.18. The molecule has 1 aliphatic carbocycles. The highest BCUT2D eigenvalue weighted by molar-refractivity contribution is 7.89. The minimum atomic E-state index is -3.61. The molecule has 0 unspecified atom stereocenters. The van der Waals surface area contributed by atoms with Crippen LogP contribution in [-0.2, 0) is 21.4 Å². The molecule has 0 atom stereocenters. The molecule has 2 aromatic rings. The number of sulfonamides is 1. The lowest BCUT2D eigenvalue weighted by Crippen LogP contribution is -2.38. The minimum absolute atomic E-state index is 0.00770. The van der Waals surface area contributed by atoms with Crippen LogP contribution in [-0.4, -0.2) is 41.5 Å². The largest absolute Gasteiger partial charge is 0.324 e. The Bertz CT molecular complexity index is 1080. The molecule has 1 amide bonds. The van der Waals surface area contributed by atoms with E-state index in [2.05, 4.69) is 10.4 Å². The molecule has 0 aliphatic heterocycles. The smallest absolute Gasteiger partial charge is 0.287 e. The average Bonchev–Trinajstić information content (AvgIpc) is 2.74. The Labute approximate surface area is 184 Å². The number of anilines is 1. The van der Waals surface area contributed by atoms with Crippen molar-refractivity contribution in [2.75, 3.05) is 12.4 Å². The van der Waals surface area contributed by atoms with E-state index < -0.39 is 21.5 Å². The quantitative estimate of drug-likeness (QED) is 0.695. The molecule has 0 radical (unpaired) electrons. The predicted molar refractivity (Wildman–Crippen MR) is 115 cm³/mol. The zero-order valence-corrected chi connectivity index (χ0v) is 18.7. The molecule has 1 aromatic heterocycles. The second-order valence-electron chi connectivity index (χ2n) is 7.15. The number of halogens is 2. The van der Waals surface area contributed by atoms with Gasteiger partial charge in [-0.2, -0.15) is 9.40 Å². The van der Waals surface area contributed by atoms with Gasteiger partial charge < -0.3 is 5.32 Å². The van der Waals surface area contributed by atoms with Gasteiger partial charge in [0.2, 0.25) is 15.9 Å². The summed E-state index contributed by atoms with van der Waals surface area (Å²) >= 11 is 11.5. The highest BCUT2D eigenvalue weighted by atomic mass is 35.5. The number of rotatable bonds is 6. The van der Waals surface area contributed by atoms with Crippen molar-refractivity contribution < 1.29 is 13.2 Å². The summed E-state index contributed by atoms with van der Waals surface area (Å²) in [5.41, 5.74) is -0.279. The van der Waals surface area contributed by atoms with E-state index in [1.165, 1.54) is 34.8 Å². The summed E-state index contributed by atoms with van der Waals surface area (Å²) in [6.45, 7) is -0.361. The van der Waals surface area contributed by atoms with E-state index >= 15 is 0 Å². The highest BCUT2D eigenvalue weighted by Crippen LogP contribution is 2.27. The van der Waals surface area contributed by atoms with Gasteiger partial charge in [-0.05, 0) is 37.1 Å². The number of hydrogen-bond donors (Lipinski definition) is 1. The second kappa shape index (κ2) is 9.47. The Morgan fingerprint density at radius 3 is 2.47 bits per heavy atom. The zero-order valence-electron chi connectivity index (χ0n) is 16.3. The maximum Gasteiger partial charge on any atom is 0.287 e. The fourth-order valence-corrected chi connectivity index (χ4v) is 5.10. The Balaban J connectivity index is 1.67. The summed E-state index contributed by atoms with van der Waals surface area (Å²) in [7, 11) is -1.99. The van der Waals surface area contributed by atoms with Crippen LogP contribution in [0.25, 0.3) is 0 Å². The minimum Gasteiger partial charge on any atom is -0.324 e. The first kappa shape index (κ1) is 22.7. The molecule has 8 nitrogen and oxygen atoms in total. The lowest BCUT2D eigenvalue weighted by Gasteiger charge is -2.30. The number of aromatic nitrogens is 2. The summed E-state index contributed by atoms with van der Waals surface area (Å²) in [4.78, 5) is 24.3. The summed E-state index contributed by atoms with van der Waals surface area (Å²) in [5, 5.41) is 6.17. The van der Waals surface area contributed by atoms with E-state index in [0.717, 1.165) is 36.8 Å². The topological polar surface area (TPSA) is 101 Å². The SMILES string of the molecule is CN(C1CCCCC1)S(=O)(=O)c1ccc(NC(=O)Cn2ncc(Cl)c(Cl)c2=O)cc1. The molecular formula is C19H22Cl2N4O4S. The van der Waals surface area contributed by atoms with E-state index in [1.807, 2.05) is 0 Å². The maximum absolute atomic E-state index is 12.9. The third kappa shape index (κ3) is 5.03. The number of amides is 1. The van der Waals surface area contributed by atoms with E-state index in [-0.39, 0.29) is 27.5 Å². The third-order valence-electron chi connectivity index (χ3n) is 5.14. The lowest BCUT2D eigenvalue weighted by molar-refractivity contribution is -0.117. The highest BCUT2D eigenvalue weighted by Gasteiger charge is 2.28. The summed E-state index contributed by atoms with van der Waals surface area (Å²) in [6.07, 6.45) is 6.13. The van der Waals surface area contributed by atoms with Crippen LogP contribution in [0.2, 0.25) is 10.0 Å². The lowest BCUT2D eigenvalue weighted by atomic mass is 9.96. The number of hydrogen-bond acceptors (Lipinski definition) is 5. The van der Waals surface area contributed by atoms with Crippen LogP contribution in [0.15, 0.2) is 40.2 Å². The first-order valence-corrected chi connectivity index (χ1v) is 11.7. The molecule has 1 N–H and O–H groups in total. The average molecular weight is 473 g/mol. The molecule has 11 heteroatoms. The third-order valence-corrected chi connectivity index (χ3v) is 7.81. The first-order valence-electron chi connectivity index (χ1n) is 9.49. The van der Waals surface area contributed by atoms with Crippen molar-refractivity contribution in [3.8, 4) is 0 Å². The van der Waals surface area contributed by atoms with Gasteiger partial charge in [-0.1, -0.05) is 42.5 Å². The molecular weight excluding hydrogens is 451 g/mol. The predicted octanol–water partition coefficient (Wildman–Crippen LogP) is 3.14. The van der Waals surface area contributed by atoms with E-state index in [1.54, 1.807) is 7.05 Å². The molecule has 0 spiro atoms. The molecule has 3 rings (SSSR count). The zero-order chi connectivity index (χ0) is 21.9. The van der Waals surface area contributed by atoms with Gasteiger partial charge in [0.25, 0.3) is 5.56 Å². The summed E-state index contributed by atoms with van der Waals surface area (Å²) in [6, 6.07) is 5.93. The normalized spacial score (nSPS) is 15.3. The van der Waals surface area contributed by atoms with Crippen LogP contribution in [0.5, 0.6) is 0 Å². The van der Waals surface area contributed by atoms with Crippen LogP contribution in [0.3, 0.4) is 0 Å². The standard InChI is InChI=1S/C19H22Cl2N4O4S/c1-24(14-5-3-2-4-6-14)30(28,29)15-9-7-13(8-10-15)23-17(26)12-25-19(27)18(21)16(20)11-22-25/h7-11,14H,2-6,12H2,1H3,(H,23,26). The maximum atomic E-state index is 12.9. The molecule has 1 fully saturated rings. The number of carbonyl (C=O) groups is 1. The fraction of sp³-hybridized carbons (Fsp3) is 0.421. The number of carbonyl (C=O) groups excluding carboxylic acids is 1. The second-order valence-corrected chi connectivity index (χ2v) is 9.94. The molecule has 0 saturated heterocycles. The van der Waals surface area contributed by atoms with Gasteiger partial charge in [0.15, 0.2) is 0 Å². The van der Waals surface area contributed by atoms with Gasteiger partial charge in [-0.15, -0.1) is 0 Å². The molecule has 30 heavy (non-hydrogen) atoms. The molecule has 0 bridgehead atoms. The van der Waals surface area contributed by atoms with Crippen LogP contribution in [0, 0.1) is 0 Å². The van der Waals surface area contributed by atoms with Crippen molar-refractivity contribution in [1.82, 2.24) is 14.1 Å². The van der Waals surface area contributed by atoms with Crippen LogP contribution in [0.1, 0.15) is 32.1 Å². The van der Waals surface area contributed by atoms with Gasteiger partial charge in [0, 0.05) is 18.8 Å². The Morgan fingerprint density at radius 2 is 1.83 bits per heavy atom. The van der Waals surface area contributed by atoms with Crippen LogP contribution < -0.4 is 10.9 Å².